The second-order valence-electron chi connectivity index (χ2n) is 5.13. The second-order valence-corrected chi connectivity index (χ2v) is 5.54. The molecule has 0 unspecified atom stereocenters. The summed E-state index contributed by atoms with van der Waals surface area (Å²) < 4.78 is 18.8. The lowest BCUT2D eigenvalue weighted by atomic mass is 10.2. The van der Waals surface area contributed by atoms with E-state index >= 15 is 0 Å². The summed E-state index contributed by atoms with van der Waals surface area (Å²) in [5, 5.41) is 3.17. The number of nitrogens with one attached hydrogen (secondary N) is 3. The maximum absolute atomic E-state index is 13.5. The standard InChI is InChI=1S/C17H18FN3O2S/c1-11-6-5-7-13(10-11)19-17(24)21-20-16(22)12(2)23-15-9-4-3-8-14(15)18/h3-10,12H,1-2H3,(H,20,22)(H2,19,21,24)/t12-/m0/s1. The van der Waals surface area contributed by atoms with E-state index in [1.807, 2.05) is 31.2 Å². The van der Waals surface area contributed by atoms with Crippen molar-refractivity contribution in [3.8, 4) is 5.75 Å². The van der Waals surface area contributed by atoms with Crippen LogP contribution in [0.2, 0.25) is 0 Å². The number of hydrazine groups is 1. The molecule has 0 fully saturated rings. The third-order valence-corrected chi connectivity index (χ3v) is 3.29. The predicted molar refractivity (Wildman–Crippen MR) is 95.2 cm³/mol. The SMILES string of the molecule is Cc1cccc(NC(=S)NNC(=O)[C@H](C)Oc2ccccc2F)c1. The van der Waals surface area contributed by atoms with E-state index in [1.165, 1.54) is 19.1 Å². The third kappa shape index (κ3) is 5.20. The van der Waals surface area contributed by atoms with Gasteiger partial charge in [-0.1, -0.05) is 24.3 Å². The highest BCUT2D eigenvalue weighted by atomic mass is 32.1. The van der Waals surface area contributed by atoms with Gasteiger partial charge in [0.2, 0.25) is 0 Å². The van der Waals surface area contributed by atoms with Crippen LogP contribution in [0.4, 0.5) is 10.1 Å². The number of aryl methyl sites for hydroxylation is 1. The van der Waals surface area contributed by atoms with Crippen molar-refractivity contribution in [3.05, 3.63) is 59.9 Å². The number of para-hydroxylation sites is 1. The summed E-state index contributed by atoms with van der Waals surface area (Å²) in [6, 6.07) is 13.5. The molecule has 126 valence electrons. The van der Waals surface area contributed by atoms with Gasteiger partial charge in [-0.2, -0.15) is 0 Å². The summed E-state index contributed by atoms with van der Waals surface area (Å²) in [6.07, 6.45) is -0.892. The van der Waals surface area contributed by atoms with Crippen molar-refractivity contribution >= 4 is 28.9 Å². The van der Waals surface area contributed by atoms with Crippen LogP contribution in [0.3, 0.4) is 0 Å². The summed E-state index contributed by atoms with van der Waals surface area (Å²) in [6.45, 7) is 3.48. The van der Waals surface area contributed by atoms with Crippen LogP contribution in [-0.2, 0) is 4.79 Å². The Bertz CT molecular complexity index is 739. The molecule has 0 aliphatic carbocycles. The summed E-state index contributed by atoms with van der Waals surface area (Å²) in [5.74, 6) is -0.992. The fourth-order valence-electron chi connectivity index (χ4n) is 1.89. The molecule has 7 heteroatoms. The average Bonchev–Trinajstić information content (AvgIpc) is 2.54. The fraction of sp³-hybridized carbons (Fsp3) is 0.176. The molecule has 0 radical (unpaired) electrons. The summed E-state index contributed by atoms with van der Waals surface area (Å²) in [7, 11) is 0. The predicted octanol–water partition coefficient (Wildman–Crippen LogP) is 2.92. The molecule has 5 nitrogen and oxygen atoms in total. The molecule has 1 atom stereocenters. The normalized spacial score (nSPS) is 11.3. The molecule has 0 spiro atoms. The zero-order valence-electron chi connectivity index (χ0n) is 13.3. The van der Waals surface area contributed by atoms with Crippen molar-refractivity contribution in [1.82, 2.24) is 10.9 Å². The van der Waals surface area contributed by atoms with Gasteiger partial charge in [-0.3, -0.25) is 15.6 Å². The van der Waals surface area contributed by atoms with Crippen molar-refractivity contribution < 1.29 is 13.9 Å². The first-order chi connectivity index (χ1) is 11.5. The van der Waals surface area contributed by atoms with E-state index in [0.29, 0.717) is 0 Å². The first kappa shape index (κ1) is 17.7. The molecular weight excluding hydrogens is 329 g/mol. The molecule has 3 N–H and O–H groups in total. The number of ether oxygens (including phenoxy) is 1. The lowest BCUT2D eigenvalue weighted by molar-refractivity contribution is -0.127. The maximum atomic E-state index is 13.5. The topological polar surface area (TPSA) is 62.4 Å². The van der Waals surface area contributed by atoms with Gasteiger partial charge in [0.1, 0.15) is 0 Å². The van der Waals surface area contributed by atoms with Gasteiger partial charge in [0.05, 0.1) is 0 Å². The van der Waals surface area contributed by atoms with Gasteiger partial charge in [0, 0.05) is 5.69 Å². The Morgan fingerprint density at radius 3 is 2.62 bits per heavy atom. The van der Waals surface area contributed by atoms with Gasteiger partial charge < -0.3 is 10.1 Å². The molecule has 0 saturated carbocycles. The van der Waals surface area contributed by atoms with Gasteiger partial charge in [-0.25, -0.2) is 4.39 Å². The van der Waals surface area contributed by atoms with Crippen molar-refractivity contribution in [2.75, 3.05) is 5.32 Å². The highest BCUT2D eigenvalue weighted by Gasteiger charge is 2.16. The number of amides is 1. The number of carbonyl (C=O) groups is 1. The highest BCUT2D eigenvalue weighted by molar-refractivity contribution is 7.80. The molecule has 24 heavy (non-hydrogen) atoms. The number of halogens is 1. The van der Waals surface area contributed by atoms with Gasteiger partial charge in [-0.05, 0) is 55.9 Å². The minimum atomic E-state index is -0.892. The molecule has 2 aromatic carbocycles. The third-order valence-electron chi connectivity index (χ3n) is 3.08. The summed E-state index contributed by atoms with van der Waals surface area (Å²) in [5.41, 5.74) is 6.88. The van der Waals surface area contributed by atoms with Crippen molar-refractivity contribution in [3.63, 3.8) is 0 Å². The highest BCUT2D eigenvalue weighted by Crippen LogP contribution is 2.16. The summed E-state index contributed by atoms with van der Waals surface area (Å²) >= 11 is 5.10. The van der Waals surface area contributed by atoms with Gasteiger partial charge >= 0.3 is 0 Å². The van der Waals surface area contributed by atoms with Gasteiger partial charge in [-0.15, -0.1) is 0 Å². The largest absolute Gasteiger partial charge is 0.478 e. The number of anilines is 1. The Labute approximate surface area is 145 Å². The van der Waals surface area contributed by atoms with E-state index in [2.05, 4.69) is 16.2 Å². The number of thiocarbonyl (C=S) groups is 1. The smallest absolute Gasteiger partial charge is 0.279 e. The number of carbonyl (C=O) groups excluding carboxylic acids is 1. The van der Waals surface area contributed by atoms with Crippen molar-refractivity contribution in [2.45, 2.75) is 20.0 Å². The molecule has 0 aliphatic rings. The average molecular weight is 347 g/mol. The minimum Gasteiger partial charge on any atom is -0.478 e. The number of hydrogen-bond acceptors (Lipinski definition) is 3. The molecule has 0 saturated heterocycles. The number of hydrogen-bond donors (Lipinski definition) is 3. The van der Waals surface area contributed by atoms with E-state index in [9.17, 15) is 9.18 Å². The van der Waals surface area contributed by atoms with Crippen LogP contribution in [0.1, 0.15) is 12.5 Å². The van der Waals surface area contributed by atoms with Crippen LogP contribution in [0.15, 0.2) is 48.5 Å². The molecule has 1 amide bonds. The van der Waals surface area contributed by atoms with Crippen LogP contribution in [0.5, 0.6) is 5.75 Å². The first-order valence-corrected chi connectivity index (χ1v) is 7.71. The van der Waals surface area contributed by atoms with E-state index in [1.54, 1.807) is 12.1 Å². The van der Waals surface area contributed by atoms with Crippen molar-refractivity contribution in [1.29, 1.82) is 0 Å². The van der Waals surface area contributed by atoms with Crippen molar-refractivity contribution in [2.24, 2.45) is 0 Å². The minimum absolute atomic E-state index is 0.0145. The monoisotopic (exact) mass is 347 g/mol. The fourth-order valence-corrected chi connectivity index (χ4v) is 2.06. The zero-order chi connectivity index (χ0) is 17.5. The summed E-state index contributed by atoms with van der Waals surface area (Å²) in [4.78, 5) is 12.0. The Balaban J connectivity index is 1.81. The van der Waals surface area contributed by atoms with E-state index in [-0.39, 0.29) is 10.9 Å². The maximum Gasteiger partial charge on any atom is 0.279 e. The van der Waals surface area contributed by atoms with E-state index in [0.717, 1.165) is 11.3 Å². The van der Waals surface area contributed by atoms with Gasteiger partial charge in [0.15, 0.2) is 22.8 Å². The molecule has 0 aliphatic heterocycles. The van der Waals surface area contributed by atoms with Crippen LogP contribution >= 0.6 is 12.2 Å². The van der Waals surface area contributed by atoms with E-state index in [4.69, 9.17) is 17.0 Å². The Morgan fingerprint density at radius 1 is 1.17 bits per heavy atom. The van der Waals surface area contributed by atoms with Crippen LogP contribution in [0.25, 0.3) is 0 Å². The molecule has 2 rings (SSSR count). The Morgan fingerprint density at radius 2 is 1.92 bits per heavy atom. The van der Waals surface area contributed by atoms with Crippen LogP contribution in [0, 0.1) is 12.7 Å². The molecular formula is C17H18FN3O2S. The Hall–Kier alpha value is -2.67. The molecule has 0 heterocycles. The number of benzene rings is 2. The molecule has 0 aromatic heterocycles. The van der Waals surface area contributed by atoms with Gasteiger partial charge in [0.25, 0.3) is 5.91 Å². The van der Waals surface area contributed by atoms with E-state index < -0.39 is 17.8 Å². The number of rotatable bonds is 4. The molecule has 0 bridgehead atoms. The lowest BCUT2D eigenvalue weighted by Gasteiger charge is -2.17. The van der Waals surface area contributed by atoms with Crippen LogP contribution < -0.4 is 20.9 Å². The first-order valence-electron chi connectivity index (χ1n) is 7.30. The van der Waals surface area contributed by atoms with Crippen LogP contribution in [-0.4, -0.2) is 17.1 Å². The lowest BCUT2D eigenvalue weighted by Crippen LogP contribution is -2.48. The second kappa shape index (κ2) is 8.26. The Kier molecular flexibility index (Phi) is 6.08. The zero-order valence-corrected chi connectivity index (χ0v) is 14.1. The quantitative estimate of drug-likeness (QED) is 0.586. The molecule has 2 aromatic rings.